The number of benzene rings is 1. The summed E-state index contributed by atoms with van der Waals surface area (Å²) in [6.45, 7) is 1.09. The number of halogens is 2. The van der Waals surface area contributed by atoms with Crippen LogP contribution in [-0.4, -0.2) is 47.6 Å². The first-order valence-electron chi connectivity index (χ1n) is 5.70. The molecule has 2 rings (SSSR count). The number of hydrogen-bond acceptors (Lipinski definition) is 3. The minimum absolute atomic E-state index is 0.221. The molecule has 1 atom stereocenters. The Labute approximate surface area is 122 Å². The van der Waals surface area contributed by atoms with E-state index in [1.54, 1.807) is 0 Å². The Bertz CT molecular complexity index is 524. The third-order valence-electron chi connectivity index (χ3n) is 2.95. The van der Waals surface area contributed by atoms with E-state index in [0.717, 1.165) is 0 Å². The summed E-state index contributed by atoms with van der Waals surface area (Å²) in [5.41, 5.74) is 0.329. The molecule has 1 aromatic rings. The third kappa shape index (κ3) is 3.03. The second-order valence-corrected chi connectivity index (χ2v) is 5.34. The number of aliphatic carboxylic acids is 1. The number of carboxylic acids is 1. The average Bonchev–Trinajstić information content (AvgIpc) is 2.38. The van der Waals surface area contributed by atoms with E-state index in [-0.39, 0.29) is 12.5 Å². The van der Waals surface area contributed by atoms with Crippen molar-refractivity contribution in [2.45, 2.75) is 6.04 Å². The summed E-state index contributed by atoms with van der Waals surface area (Å²) in [4.78, 5) is 24.8. The second-order valence-electron chi connectivity index (χ2n) is 4.18. The largest absolute Gasteiger partial charge is 0.480 e. The summed E-state index contributed by atoms with van der Waals surface area (Å²) < 4.78 is 13.5. The highest BCUT2D eigenvalue weighted by atomic mass is 127. The topological polar surface area (TPSA) is 69.6 Å². The van der Waals surface area contributed by atoms with Gasteiger partial charge >= 0.3 is 5.97 Å². The standard InChI is InChI=1S/C12H12FIN2O3/c13-7-1-2-8(9(14)5-7)11(17)16-4-3-15-6-10(16)12(18)19/h1-2,5,10,15H,3-4,6H2,(H,18,19). The van der Waals surface area contributed by atoms with Crippen LogP contribution < -0.4 is 5.32 Å². The minimum Gasteiger partial charge on any atom is -0.480 e. The lowest BCUT2D eigenvalue weighted by Gasteiger charge is -2.33. The van der Waals surface area contributed by atoms with Gasteiger partial charge in [0.05, 0.1) is 5.56 Å². The van der Waals surface area contributed by atoms with Gasteiger partial charge in [0.25, 0.3) is 5.91 Å². The summed E-state index contributed by atoms with van der Waals surface area (Å²) in [6, 6.07) is 2.96. The van der Waals surface area contributed by atoms with E-state index < -0.39 is 17.8 Å². The van der Waals surface area contributed by atoms with Gasteiger partial charge in [0, 0.05) is 23.2 Å². The van der Waals surface area contributed by atoms with Gasteiger partial charge < -0.3 is 15.3 Å². The summed E-state index contributed by atoms with van der Waals surface area (Å²) >= 11 is 1.87. The lowest BCUT2D eigenvalue weighted by Crippen LogP contribution is -2.57. The molecule has 5 nitrogen and oxygen atoms in total. The van der Waals surface area contributed by atoms with Crippen LogP contribution in [0.4, 0.5) is 4.39 Å². The molecule has 102 valence electrons. The minimum atomic E-state index is -1.04. The Morgan fingerprint density at radius 1 is 1.47 bits per heavy atom. The molecule has 0 radical (unpaired) electrons. The van der Waals surface area contributed by atoms with Crippen LogP contribution in [0.1, 0.15) is 10.4 Å². The van der Waals surface area contributed by atoms with E-state index in [0.29, 0.717) is 22.2 Å². The van der Waals surface area contributed by atoms with Crippen LogP contribution in [0.5, 0.6) is 0 Å². The highest BCUT2D eigenvalue weighted by molar-refractivity contribution is 14.1. The van der Waals surface area contributed by atoms with Crippen LogP contribution in [0.2, 0.25) is 0 Å². The molecule has 0 bridgehead atoms. The SMILES string of the molecule is O=C(O)C1CNCCN1C(=O)c1ccc(F)cc1I. The zero-order chi connectivity index (χ0) is 14.0. The quantitative estimate of drug-likeness (QED) is 0.752. The van der Waals surface area contributed by atoms with Crippen molar-refractivity contribution in [3.8, 4) is 0 Å². The van der Waals surface area contributed by atoms with Crippen molar-refractivity contribution in [2.75, 3.05) is 19.6 Å². The Morgan fingerprint density at radius 3 is 2.84 bits per heavy atom. The molecule has 1 amide bonds. The lowest BCUT2D eigenvalue weighted by molar-refractivity contribution is -0.142. The molecule has 1 aliphatic heterocycles. The Morgan fingerprint density at radius 2 is 2.21 bits per heavy atom. The molecule has 0 aromatic heterocycles. The number of carboxylic acid groups (broad SMARTS) is 1. The molecule has 1 heterocycles. The molecule has 19 heavy (non-hydrogen) atoms. The van der Waals surface area contributed by atoms with Crippen molar-refractivity contribution in [2.24, 2.45) is 0 Å². The van der Waals surface area contributed by atoms with Crippen LogP contribution in [0.25, 0.3) is 0 Å². The van der Waals surface area contributed by atoms with E-state index in [9.17, 15) is 14.0 Å². The number of amides is 1. The average molecular weight is 378 g/mol. The number of nitrogens with one attached hydrogen (secondary N) is 1. The molecule has 7 heteroatoms. The summed E-state index contributed by atoms with van der Waals surface area (Å²) in [7, 11) is 0. The fourth-order valence-electron chi connectivity index (χ4n) is 1.99. The van der Waals surface area contributed by atoms with Gasteiger partial charge in [0.1, 0.15) is 11.9 Å². The maximum Gasteiger partial charge on any atom is 0.327 e. The maximum absolute atomic E-state index is 13.0. The van der Waals surface area contributed by atoms with Crippen molar-refractivity contribution in [1.29, 1.82) is 0 Å². The Kier molecular flexibility index (Phi) is 4.35. The van der Waals surface area contributed by atoms with Crippen LogP contribution in [0.15, 0.2) is 18.2 Å². The Balaban J connectivity index is 2.28. The van der Waals surface area contributed by atoms with Crippen molar-refractivity contribution in [3.63, 3.8) is 0 Å². The van der Waals surface area contributed by atoms with Crippen LogP contribution in [0.3, 0.4) is 0 Å². The summed E-state index contributed by atoms with van der Waals surface area (Å²) in [6.07, 6.45) is 0. The van der Waals surface area contributed by atoms with Crippen LogP contribution >= 0.6 is 22.6 Å². The van der Waals surface area contributed by atoms with Gasteiger partial charge in [-0.15, -0.1) is 0 Å². The van der Waals surface area contributed by atoms with E-state index in [1.165, 1.54) is 23.1 Å². The van der Waals surface area contributed by atoms with Crippen molar-refractivity contribution in [1.82, 2.24) is 10.2 Å². The number of rotatable bonds is 2. The molecule has 1 fully saturated rings. The number of piperazine rings is 1. The fraction of sp³-hybridized carbons (Fsp3) is 0.333. The van der Waals surface area contributed by atoms with Gasteiger partial charge in [-0.1, -0.05) is 0 Å². The normalized spacial score (nSPS) is 19.3. The highest BCUT2D eigenvalue weighted by Crippen LogP contribution is 2.18. The van der Waals surface area contributed by atoms with Crippen molar-refractivity contribution in [3.05, 3.63) is 33.1 Å². The number of nitrogens with zero attached hydrogens (tertiary/aromatic N) is 1. The van der Waals surface area contributed by atoms with Gasteiger partial charge in [-0.2, -0.15) is 0 Å². The molecule has 1 aromatic carbocycles. The molecular weight excluding hydrogens is 366 g/mol. The zero-order valence-corrected chi connectivity index (χ0v) is 12.1. The first-order valence-corrected chi connectivity index (χ1v) is 6.78. The predicted octanol–water partition coefficient (Wildman–Crippen LogP) is 0.929. The Hall–Kier alpha value is -1.22. The molecule has 0 saturated carbocycles. The number of carbonyl (C=O) groups excluding carboxylic acids is 1. The number of hydrogen-bond donors (Lipinski definition) is 2. The zero-order valence-electron chi connectivity index (χ0n) is 9.90. The fourth-order valence-corrected chi connectivity index (χ4v) is 2.69. The van der Waals surface area contributed by atoms with Gasteiger partial charge in [0.15, 0.2) is 0 Å². The summed E-state index contributed by atoms with van der Waals surface area (Å²) in [5, 5.41) is 12.1. The lowest BCUT2D eigenvalue weighted by atomic mass is 10.1. The van der Waals surface area contributed by atoms with E-state index in [2.05, 4.69) is 5.32 Å². The third-order valence-corrected chi connectivity index (χ3v) is 3.84. The molecule has 1 saturated heterocycles. The van der Waals surface area contributed by atoms with E-state index in [4.69, 9.17) is 5.11 Å². The van der Waals surface area contributed by atoms with Crippen LogP contribution in [-0.2, 0) is 4.79 Å². The van der Waals surface area contributed by atoms with E-state index >= 15 is 0 Å². The van der Waals surface area contributed by atoms with E-state index in [1.807, 2.05) is 22.6 Å². The molecule has 0 aliphatic carbocycles. The predicted molar refractivity (Wildman–Crippen MR) is 74.4 cm³/mol. The molecule has 1 aliphatic rings. The van der Waals surface area contributed by atoms with Gasteiger partial charge in [0.2, 0.25) is 0 Å². The first-order chi connectivity index (χ1) is 9.00. The molecule has 2 N–H and O–H groups in total. The molecule has 1 unspecified atom stereocenters. The second kappa shape index (κ2) is 5.83. The van der Waals surface area contributed by atoms with Crippen molar-refractivity contribution < 1.29 is 19.1 Å². The van der Waals surface area contributed by atoms with Gasteiger partial charge in [-0.05, 0) is 40.8 Å². The van der Waals surface area contributed by atoms with Crippen LogP contribution in [0, 0.1) is 9.39 Å². The maximum atomic E-state index is 13.0. The molecule has 0 spiro atoms. The van der Waals surface area contributed by atoms with Gasteiger partial charge in [-0.3, -0.25) is 4.79 Å². The van der Waals surface area contributed by atoms with Gasteiger partial charge in [-0.25, -0.2) is 9.18 Å². The number of carbonyl (C=O) groups is 2. The summed E-state index contributed by atoms with van der Waals surface area (Å²) in [5.74, 6) is -1.84. The van der Waals surface area contributed by atoms with Crippen molar-refractivity contribution >= 4 is 34.5 Å². The first kappa shape index (κ1) is 14.2. The molecular formula is C12H12FIN2O3. The monoisotopic (exact) mass is 378 g/mol. The smallest absolute Gasteiger partial charge is 0.327 e. The highest BCUT2D eigenvalue weighted by Gasteiger charge is 2.33.